The van der Waals surface area contributed by atoms with Crippen molar-refractivity contribution in [3.63, 3.8) is 0 Å². The highest BCUT2D eigenvalue weighted by Crippen LogP contribution is 2.24. The molecule has 0 spiro atoms. The highest BCUT2D eigenvalue weighted by atomic mass is 16.5. The fourth-order valence-corrected chi connectivity index (χ4v) is 2.95. The van der Waals surface area contributed by atoms with E-state index in [2.05, 4.69) is 0 Å². The first-order valence-corrected chi connectivity index (χ1v) is 7.25. The summed E-state index contributed by atoms with van der Waals surface area (Å²) in [5.74, 6) is 0.293. The predicted octanol–water partition coefficient (Wildman–Crippen LogP) is 2.01. The van der Waals surface area contributed by atoms with Crippen LogP contribution in [-0.4, -0.2) is 43.2 Å². The summed E-state index contributed by atoms with van der Waals surface area (Å²) in [6, 6.07) is 9.43. The standard InChI is InChI=1S/C16H20N2O3/c1-20-13-6-7-18(12(9-13)10-17)16(19)15-8-11-4-2-3-5-14(11)21-15/h2-5,8,12-13H,6-7,9-10,17H2,1H3. The Hall–Kier alpha value is -1.85. The van der Waals surface area contributed by atoms with E-state index in [1.165, 1.54) is 0 Å². The molecule has 2 atom stereocenters. The quantitative estimate of drug-likeness (QED) is 0.938. The van der Waals surface area contributed by atoms with E-state index < -0.39 is 0 Å². The second kappa shape index (κ2) is 5.87. The number of rotatable bonds is 3. The van der Waals surface area contributed by atoms with Crippen molar-refractivity contribution in [3.05, 3.63) is 36.1 Å². The van der Waals surface area contributed by atoms with Gasteiger partial charge >= 0.3 is 0 Å². The number of nitrogens with zero attached hydrogens (tertiary/aromatic N) is 1. The van der Waals surface area contributed by atoms with Crippen LogP contribution in [0.3, 0.4) is 0 Å². The lowest BCUT2D eigenvalue weighted by molar-refractivity contribution is 0.0125. The number of furan rings is 1. The van der Waals surface area contributed by atoms with Gasteiger partial charge in [0, 0.05) is 31.6 Å². The Labute approximate surface area is 123 Å². The van der Waals surface area contributed by atoms with Crippen molar-refractivity contribution < 1.29 is 13.9 Å². The maximum atomic E-state index is 12.7. The second-order valence-corrected chi connectivity index (χ2v) is 5.42. The average Bonchev–Trinajstić information content (AvgIpc) is 2.97. The molecule has 21 heavy (non-hydrogen) atoms. The summed E-state index contributed by atoms with van der Waals surface area (Å²) in [4.78, 5) is 14.5. The van der Waals surface area contributed by atoms with Crippen LogP contribution < -0.4 is 5.73 Å². The van der Waals surface area contributed by atoms with Gasteiger partial charge < -0.3 is 19.8 Å². The normalized spacial score (nSPS) is 22.7. The third-order valence-electron chi connectivity index (χ3n) is 4.17. The number of hydrogen-bond donors (Lipinski definition) is 1. The van der Waals surface area contributed by atoms with Gasteiger partial charge in [0.05, 0.1) is 6.10 Å². The topological polar surface area (TPSA) is 68.7 Å². The minimum absolute atomic E-state index is 0.00409. The molecule has 1 saturated heterocycles. The Morgan fingerprint density at radius 1 is 1.48 bits per heavy atom. The number of amides is 1. The summed E-state index contributed by atoms with van der Waals surface area (Å²) in [7, 11) is 1.70. The molecule has 1 amide bonds. The van der Waals surface area contributed by atoms with Gasteiger partial charge in [-0.05, 0) is 25.0 Å². The highest BCUT2D eigenvalue weighted by molar-refractivity contribution is 5.96. The molecule has 2 unspecified atom stereocenters. The fourth-order valence-electron chi connectivity index (χ4n) is 2.95. The zero-order valence-corrected chi connectivity index (χ0v) is 12.1. The number of benzene rings is 1. The molecule has 0 saturated carbocycles. The SMILES string of the molecule is COC1CCN(C(=O)c2cc3ccccc3o2)C(CN)C1. The summed E-state index contributed by atoms with van der Waals surface area (Å²) in [5, 5.41) is 0.942. The molecule has 2 aromatic rings. The Morgan fingerprint density at radius 2 is 2.29 bits per heavy atom. The van der Waals surface area contributed by atoms with Crippen LogP contribution in [0, 0.1) is 0 Å². The molecule has 2 N–H and O–H groups in total. The van der Waals surface area contributed by atoms with E-state index in [0.29, 0.717) is 18.8 Å². The Balaban J connectivity index is 1.83. The highest BCUT2D eigenvalue weighted by Gasteiger charge is 2.32. The first-order chi connectivity index (χ1) is 10.2. The molecule has 1 aromatic heterocycles. The van der Waals surface area contributed by atoms with E-state index in [0.717, 1.165) is 23.8 Å². The van der Waals surface area contributed by atoms with Crippen LogP contribution in [0.15, 0.2) is 34.7 Å². The molecular weight excluding hydrogens is 268 g/mol. The van der Waals surface area contributed by atoms with Crippen LogP contribution >= 0.6 is 0 Å². The van der Waals surface area contributed by atoms with Crippen LogP contribution in [0.2, 0.25) is 0 Å². The van der Waals surface area contributed by atoms with Crippen molar-refractivity contribution in [2.24, 2.45) is 5.73 Å². The van der Waals surface area contributed by atoms with Crippen LogP contribution in [-0.2, 0) is 4.74 Å². The number of piperidine rings is 1. The molecule has 1 aromatic carbocycles. The van der Waals surface area contributed by atoms with Crippen molar-refractivity contribution in [2.75, 3.05) is 20.2 Å². The maximum absolute atomic E-state index is 12.7. The lowest BCUT2D eigenvalue weighted by Crippen LogP contribution is -2.51. The monoisotopic (exact) mass is 288 g/mol. The Kier molecular flexibility index (Phi) is 3.94. The molecule has 5 nitrogen and oxygen atoms in total. The third-order valence-corrected chi connectivity index (χ3v) is 4.17. The van der Waals surface area contributed by atoms with Gasteiger partial charge in [0.25, 0.3) is 5.91 Å². The van der Waals surface area contributed by atoms with Crippen LogP contribution in [0.4, 0.5) is 0 Å². The van der Waals surface area contributed by atoms with Gasteiger partial charge in [-0.1, -0.05) is 18.2 Å². The summed E-state index contributed by atoms with van der Waals surface area (Å²) in [5.41, 5.74) is 6.55. The van der Waals surface area contributed by atoms with Gasteiger partial charge in [0.1, 0.15) is 5.58 Å². The zero-order valence-electron chi connectivity index (χ0n) is 12.1. The minimum atomic E-state index is -0.0868. The Bertz CT molecular complexity index is 604. The van der Waals surface area contributed by atoms with Gasteiger partial charge in [0.15, 0.2) is 5.76 Å². The van der Waals surface area contributed by atoms with E-state index >= 15 is 0 Å². The zero-order chi connectivity index (χ0) is 14.8. The number of ether oxygens (including phenoxy) is 1. The second-order valence-electron chi connectivity index (χ2n) is 5.42. The third kappa shape index (κ3) is 2.66. The molecule has 0 radical (unpaired) electrons. The lowest BCUT2D eigenvalue weighted by atomic mass is 9.99. The number of fused-ring (bicyclic) bond motifs is 1. The van der Waals surface area contributed by atoms with Crippen LogP contribution in [0.25, 0.3) is 11.0 Å². The molecule has 3 rings (SSSR count). The molecule has 5 heteroatoms. The van der Waals surface area contributed by atoms with E-state index in [4.69, 9.17) is 14.9 Å². The summed E-state index contributed by atoms with van der Waals surface area (Å²) < 4.78 is 11.1. The first-order valence-electron chi connectivity index (χ1n) is 7.25. The number of carbonyl (C=O) groups excluding carboxylic acids is 1. The number of hydrogen-bond acceptors (Lipinski definition) is 4. The van der Waals surface area contributed by atoms with Crippen molar-refractivity contribution >= 4 is 16.9 Å². The molecular formula is C16H20N2O3. The number of methoxy groups -OCH3 is 1. The number of carbonyl (C=O) groups is 1. The van der Waals surface area contributed by atoms with Gasteiger partial charge in [-0.15, -0.1) is 0 Å². The molecule has 1 fully saturated rings. The van der Waals surface area contributed by atoms with Crippen molar-refractivity contribution in [3.8, 4) is 0 Å². The van der Waals surface area contributed by atoms with Gasteiger partial charge in [0.2, 0.25) is 0 Å². The largest absolute Gasteiger partial charge is 0.451 e. The molecule has 1 aliphatic heterocycles. The molecule has 2 heterocycles. The van der Waals surface area contributed by atoms with E-state index in [1.54, 1.807) is 13.2 Å². The summed E-state index contributed by atoms with van der Waals surface area (Å²) >= 11 is 0. The number of likely N-dealkylation sites (tertiary alicyclic amines) is 1. The first kappa shape index (κ1) is 14.1. The van der Waals surface area contributed by atoms with E-state index in [9.17, 15) is 4.79 Å². The van der Waals surface area contributed by atoms with Crippen LogP contribution in [0.1, 0.15) is 23.4 Å². The van der Waals surface area contributed by atoms with E-state index in [1.807, 2.05) is 29.2 Å². The summed E-state index contributed by atoms with van der Waals surface area (Å²) in [6.45, 7) is 1.09. The smallest absolute Gasteiger partial charge is 0.289 e. The van der Waals surface area contributed by atoms with Gasteiger partial charge in [-0.2, -0.15) is 0 Å². The van der Waals surface area contributed by atoms with E-state index in [-0.39, 0.29) is 18.1 Å². The number of para-hydroxylation sites is 1. The molecule has 112 valence electrons. The minimum Gasteiger partial charge on any atom is -0.451 e. The van der Waals surface area contributed by atoms with Crippen molar-refractivity contribution in [2.45, 2.75) is 25.0 Å². The maximum Gasteiger partial charge on any atom is 0.289 e. The van der Waals surface area contributed by atoms with Gasteiger partial charge in [-0.25, -0.2) is 0 Å². The van der Waals surface area contributed by atoms with Crippen molar-refractivity contribution in [1.29, 1.82) is 0 Å². The Morgan fingerprint density at radius 3 is 3.00 bits per heavy atom. The fraction of sp³-hybridized carbons (Fsp3) is 0.438. The number of nitrogens with two attached hydrogens (primary N) is 1. The van der Waals surface area contributed by atoms with Gasteiger partial charge in [-0.3, -0.25) is 4.79 Å². The molecule has 0 bridgehead atoms. The lowest BCUT2D eigenvalue weighted by Gasteiger charge is -2.37. The average molecular weight is 288 g/mol. The predicted molar refractivity (Wildman–Crippen MR) is 80.1 cm³/mol. The van der Waals surface area contributed by atoms with Crippen LogP contribution in [0.5, 0.6) is 0 Å². The summed E-state index contributed by atoms with van der Waals surface area (Å²) in [6.07, 6.45) is 1.79. The molecule has 0 aliphatic carbocycles. The molecule has 1 aliphatic rings. The van der Waals surface area contributed by atoms with Crippen molar-refractivity contribution in [1.82, 2.24) is 4.90 Å².